The summed E-state index contributed by atoms with van der Waals surface area (Å²) in [5.41, 5.74) is 5.44. The van der Waals surface area contributed by atoms with E-state index in [0.717, 1.165) is 21.4 Å². The summed E-state index contributed by atoms with van der Waals surface area (Å²) in [6, 6.07) is 10.0. The van der Waals surface area contributed by atoms with E-state index in [9.17, 15) is 4.79 Å². The van der Waals surface area contributed by atoms with Gasteiger partial charge in [0.2, 0.25) is 0 Å². The van der Waals surface area contributed by atoms with Gasteiger partial charge in [0.25, 0.3) is 5.91 Å². The highest BCUT2D eigenvalue weighted by molar-refractivity contribution is 7.20. The molecule has 0 fully saturated rings. The summed E-state index contributed by atoms with van der Waals surface area (Å²) in [5.74, 6) is 0.0830. The highest BCUT2D eigenvalue weighted by Gasteiger charge is 2.13. The Bertz CT molecular complexity index is 488. The number of fused-ring (bicyclic) bond motifs is 1. The predicted molar refractivity (Wildman–Crippen MR) is 72.5 cm³/mol. The topological polar surface area (TPSA) is 46.3 Å². The Morgan fingerprint density at radius 2 is 2.18 bits per heavy atom. The summed E-state index contributed by atoms with van der Waals surface area (Å²) >= 11 is 1.54. The minimum atomic E-state index is 0.0830. The largest absolute Gasteiger partial charge is 0.341 e. The van der Waals surface area contributed by atoms with Crippen LogP contribution in [0.4, 0.5) is 0 Å². The second-order valence-electron chi connectivity index (χ2n) is 4.02. The summed E-state index contributed by atoms with van der Waals surface area (Å²) < 4.78 is 1.16. The molecule has 0 aliphatic heterocycles. The minimum Gasteiger partial charge on any atom is -0.341 e. The fourth-order valence-electron chi connectivity index (χ4n) is 1.71. The molecule has 1 amide bonds. The third-order valence-electron chi connectivity index (χ3n) is 2.68. The van der Waals surface area contributed by atoms with E-state index in [1.54, 1.807) is 16.2 Å². The van der Waals surface area contributed by atoms with Crippen molar-refractivity contribution >= 4 is 27.3 Å². The van der Waals surface area contributed by atoms with Crippen molar-refractivity contribution in [3.05, 3.63) is 35.2 Å². The van der Waals surface area contributed by atoms with Gasteiger partial charge in [-0.2, -0.15) is 0 Å². The van der Waals surface area contributed by atoms with Crippen molar-refractivity contribution in [1.29, 1.82) is 0 Å². The van der Waals surface area contributed by atoms with Gasteiger partial charge in [0, 0.05) is 18.3 Å². The van der Waals surface area contributed by atoms with Crippen molar-refractivity contribution < 1.29 is 4.79 Å². The lowest BCUT2D eigenvalue weighted by Crippen LogP contribution is -2.28. The molecule has 2 aromatic rings. The number of rotatable bonds is 4. The zero-order valence-electron chi connectivity index (χ0n) is 9.85. The number of benzene rings is 1. The van der Waals surface area contributed by atoms with Gasteiger partial charge in [-0.25, -0.2) is 0 Å². The summed E-state index contributed by atoms with van der Waals surface area (Å²) in [6.45, 7) is 1.33. The van der Waals surface area contributed by atoms with Gasteiger partial charge in [-0.1, -0.05) is 18.2 Å². The third kappa shape index (κ3) is 2.65. The van der Waals surface area contributed by atoms with Crippen LogP contribution < -0.4 is 5.73 Å². The van der Waals surface area contributed by atoms with Crippen LogP contribution in [0.1, 0.15) is 16.1 Å². The van der Waals surface area contributed by atoms with E-state index < -0.39 is 0 Å². The van der Waals surface area contributed by atoms with Crippen LogP contribution in [0.2, 0.25) is 0 Å². The van der Waals surface area contributed by atoms with Crippen LogP contribution in [0.25, 0.3) is 10.1 Å². The highest BCUT2D eigenvalue weighted by atomic mass is 32.1. The van der Waals surface area contributed by atoms with E-state index in [1.165, 1.54) is 0 Å². The van der Waals surface area contributed by atoms with Gasteiger partial charge in [0.1, 0.15) is 0 Å². The first kappa shape index (κ1) is 12.1. The molecular formula is C13H16N2OS. The zero-order chi connectivity index (χ0) is 12.3. The Hall–Kier alpha value is -1.39. The maximum absolute atomic E-state index is 12.1. The monoisotopic (exact) mass is 248 g/mol. The Balaban J connectivity index is 2.18. The summed E-state index contributed by atoms with van der Waals surface area (Å²) in [5, 5.41) is 1.13. The van der Waals surface area contributed by atoms with Crippen LogP contribution in [-0.4, -0.2) is 30.9 Å². The molecule has 0 saturated heterocycles. The molecule has 2 N–H and O–H groups in total. The standard InChI is InChI=1S/C13H16N2OS/c1-15(8-4-7-14)13(16)12-9-10-5-2-3-6-11(10)17-12/h2-3,5-6,9H,4,7-8,14H2,1H3. The van der Waals surface area contributed by atoms with Gasteiger partial charge < -0.3 is 10.6 Å². The van der Waals surface area contributed by atoms with Gasteiger partial charge in [-0.05, 0) is 30.5 Å². The van der Waals surface area contributed by atoms with E-state index >= 15 is 0 Å². The van der Waals surface area contributed by atoms with Gasteiger partial charge >= 0.3 is 0 Å². The van der Waals surface area contributed by atoms with Crippen molar-refractivity contribution in [2.24, 2.45) is 5.73 Å². The molecule has 3 nitrogen and oxygen atoms in total. The zero-order valence-corrected chi connectivity index (χ0v) is 10.7. The lowest BCUT2D eigenvalue weighted by atomic mass is 10.2. The average Bonchev–Trinajstić information content (AvgIpc) is 2.78. The van der Waals surface area contributed by atoms with Crippen LogP contribution in [0.5, 0.6) is 0 Å². The molecule has 0 unspecified atom stereocenters. The molecule has 0 atom stereocenters. The van der Waals surface area contributed by atoms with E-state index in [4.69, 9.17) is 5.73 Å². The fraction of sp³-hybridized carbons (Fsp3) is 0.308. The number of hydrogen-bond acceptors (Lipinski definition) is 3. The van der Waals surface area contributed by atoms with Crippen molar-refractivity contribution in [1.82, 2.24) is 4.90 Å². The number of carbonyl (C=O) groups excluding carboxylic acids is 1. The van der Waals surface area contributed by atoms with Crippen LogP contribution in [-0.2, 0) is 0 Å². The number of nitrogens with zero attached hydrogens (tertiary/aromatic N) is 1. The summed E-state index contributed by atoms with van der Waals surface area (Å²) in [6.07, 6.45) is 0.840. The van der Waals surface area contributed by atoms with Crippen molar-refractivity contribution in [3.8, 4) is 0 Å². The predicted octanol–water partition coefficient (Wildman–Crippen LogP) is 2.32. The molecule has 17 heavy (non-hydrogen) atoms. The molecule has 0 spiro atoms. The second-order valence-corrected chi connectivity index (χ2v) is 5.10. The van der Waals surface area contributed by atoms with Crippen molar-refractivity contribution in [2.75, 3.05) is 20.1 Å². The number of carbonyl (C=O) groups is 1. The fourth-order valence-corrected chi connectivity index (χ4v) is 2.76. The van der Waals surface area contributed by atoms with E-state index in [1.807, 2.05) is 37.4 Å². The van der Waals surface area contributed by atoms with E-state index in [-0.39, 0.29) is 5.91 Å². The maximum Gasteiger partial charge on any atom is 0.263 e. The number of nitrogens with two attached hydrogens (primary N) is 1. The molecule has 1 heterocycles. The number of hydrogen-bond donors (Lipinski definition) is 1. The molecule has 0 saturated carbocycles. The summed E-state index contributed by atoms with van der Waals surface area (Å²) in [4.78, 5) is 14.6. The van der Waals surface area contributed by atoms with Crippen molar-refractivity contribution in [2.45, 2.75) is 6.42 Å². The van der Waals surface area contributed by atoms with Gasteiger partial charge in [-0.15, -0.1) is 11.3 Å². The number of thiophene rings is 1. The molecule has 2 rings (SSSR count). The van der Waals surface area contributed by atoms with E-state index in [2.05, 4.69) is 0 Å². The van der Waals surface area contributed by atoms with Crippen molar-refractivity contribution in [3.63, 3.8) is 0 Å². The van der Waals surface area contributed by atoms with Gasteiger partial charge in [0.05, 0.1) is 4.88 Å². The molecule has 0 bridgehead atoms. The Morgan fingerprint density at radius 1 is 1.41 bits per heavy atom. The Kier molecular flexibility index (Phi) is 3.76. The second kappa shape index (κ2) is 5.29. The highest BCUT2D eigenvalue weighted by Crippen LogP contribution is 2.25. The molecule has 1 aromatic heterocycles. The lowest BCUT2D eigenvalue weighted by Gasteiger charge is -2.15. The van der Waals surface area contributed by atoms with Crippen LogP contribution in [0, 0.1) is 0 Å². The molecular weight excluding hydrogens is 232 g/mol. The quantitative estimate of drug-likeness (QED) is 0.902. The molecule has 0 aliphatic rings. The Morgan fingerprint density at radius 3 is 2.88 bits per heavy atom. The molecule has 0 radical (unpaired) electrons. The van der Waals surface area contributed by atoms with Crippen LogP contribution in [0.15, 0.2) is 30.3 Å². The minimum absolute atomic E-state index is 0.0830. The van der Waals surface area contributed by atoms with Crippen LogP contribution >= 0.6 is 11.3 Å². The van der Waals surface area contributed by atoms with Gasteiger partial charge in [0.15, 0.2) is 0 Å². The molecule has 90 valence electrons. The smallest absolute Gasteiger partial charge is 0.263 e. The summed E-state index contributed by atoms with van der Waals surface area (Å²) in [7, 11) is 1.82. The first-order valence-electron chi connectivity index (χ1n) is 5.66. The van der Waals surface area contributed by atoms with Crippen LogP contribution in [0.3, 0.4) is 0 Å². The molecule has 4 heteroatoms. The average molecular weight is 248 g/mol. The normalized spacial score (nSPS) is 10.7. The first-order valence-corrected chi connectivity index (χ1v) is 6.48. The van der Waals surface area contributed by atoms with E-state index in [0.29, 0.717) is 13.1 Å². The Labute approximate surface area is 105 Å². The SMILES string of the molecule is CN(CCCN)C(=O)c1cc2ccccc2s1. The lowest BCUT2D eigenvalue weighted by molar-refractivity contribution is 0.0799. The molecule has 1 aromatic carbocycles. The first-order chi connectivity index (χ1) is 8.22. The van der Waals surface area contributed by atoms with Gasteiger partial charge in [-0.3, -0.25) is 4.79 Å². The number of amides is 1. The molecule has 0 aliphatic carbocycles. The maximum atomic E-state index is 12.1. The third-order valence-corrected chi connectivity index (χ3v) is 3.78.